The van der Waals surface area contributed by atoms with Crippen LogP contribution in [0.4, 0.5) is 0 Å². The highest BCUT2D eigenvalue weighted by Gasteiger charge is 2.04. The van der Waals surface area contributed by atoms with E-state index in [-0.39, 0.29) is 5.78 Å². The molecule has 0 saturated carbocycles. The maximum Gasteiger partial charge on any atom is 0.191 e. The van der Waals surface area contributed by atoms with Crippen molar-refractivity contribution < 1.29 is 9.52 Å². The third kappa shape index (κ3) is 3.25. The van der Waals surface area contributed by atoms with Gasteiger partial charge >= 0.3 is 0 Å². The second-order valence-electron chi connectivity index (χ2n) is 3.29. The zero-order chi connectivity index (χ0) is 12.3. The Bertz CT molecular complexity index is 577. The number of nitrogens with zero attached hydrogens (tertiary/aromatic N) is 1. The van der Waals surface area contributed by atoms with E-state index in [0.717, 1.165) is 8.66 Å². The number of rotatable bonds is 3. The molecule has 2 aromatic rings. The average molecular weight is 310 g/mol. The SMILES string of the molecule is O=C(C=Cc1ccc(Br)s1)c1ccc[n+]([O-])c1. The summed E-state index contributed by atoms with van der Waals surface area (Å²) in [4.78, 5) is 12.7. The van der Waals surface area contributed by atoms with Gasteiger partial charge in [0.25, 0.3) is 0 Å². The Kier molecular flexibility index (Phi) is 3.71. The number of pyridine rings is 1. The van der Waals surface area contributed by atoms with Gasteiger partial charge in [0, 0.05) is 10.9 Å². The molecule has 0 aromatic carbocycles. The molecule has 0 spiro atoms. The van der Waals surface area contributed by atoms with Crippen LogP contribution in [-0.4, -0.2) is 5.78 Å². The summed E-state index contributed by atoms with van der Waals surface area (Å²) in [7, 11) is 0. The van der Waals surface area contributed by atoms with Crippen LogP contribution in [0.1, 0.15) is 15.2 Å². The Labute approximate surface area is 111 Å². The van der Waals surface area contributed by atoms with Crippen molar-refractivity contribution in [2.45, 2.75) is 0 Å². The molecule has 2 rings (SSSR count). The van der Waals surface area contributed by atoms with Crippen LogP contribution in [0.2, 0.25) is 0 Å². The maximum atomic E-state index is 11.7. The summed E-state index contributed by atoms with van der Waals surface area (Å²) in [5, 5.41) is 11.0. The number of ketones is 1. The number of thiophene rings is 1. The fourth-order valence-electron chi connectivity index (χ4n) is 1.27. The molecule has 0 saturated heterocycles. The topological polar surface area (TPSA) is 44.0 Å². The average Bonchev–Trinajstić information content (AvgIpc) is 2.72. The zero-order valence-corrected chi connectivity index (χ0v) is 11.1. The van der Waals surface area contributed by atoms with Crippen LogP contribution < -0.4 is 4.73 Å². The number of carbonyl (C=O) groups excluding carboxylic acids is 1. The van der Waals surface area contributed by atoms with Gasteiger partial charge in [0.1, 0.15) is 0 Å². The van der Waals surface area contributed by atoms with Crippen molar-refractivity contribution in [2.24, 2.45) is 0 Å². The lowest BCUT2D eigenvalue weighted by atomic mass is 10.2. The van der Waals surface area contributed by atoms with Gasteiger partial charge in [0.2, 0.25) is 0 Å². The first kappa shape index (κ1) is 12.0. The molecule has 0 aliphatic carbocycles. The van der Waals surface area contributed by atoms with Crippen LogP contribution in [0, 0.1) is 5.21 Å². The minimum Gasteiger partial charge on any atom is -0.619 e. The second-order valence-corrected chi connectivity index (χ2v) is 5.79. The van der Waals surface area contributed by atoms with E-state index in [1.54, 1.807) is 18.2 Å². The standard InChI is InChI=1S/C12H8BrNO2S/c13-12-6-4-10(17-12)3-5-11(15)9-2-1-7-14(16)8-9/h1-8H. The quantitative estimate of drug-likeness (QED) is 0.378. The number of aromatic nitrogens is 1. The van der Waals surface area contributed by atoms with Crippen molar-refractivity contribution in [1.82, 2.24) is 0 Å². The van der Waals surface area contributed by atoms with Gasteiger partial charge in [0.15, 0.2) is 18.2 Å². The zero-order valence-electron chi connectivity index (χ0n) is 8.67. The molecule has 2 aromatic heterocycles. The van der Waals surface area contributed by atoms with Gasteiger partial charge in [-0.25, -0.2) is 0 Å². The summed E-state index contributed by atoms with van der Waals surface area (Å²) >= 11 is 4.89. The van der Waals surface area contributed by atoms with Crippen LogP contribution in [0.5, 0.6) is 0 Å². The van der Waals surface area contributed by atoms with E-state index in [1.807, 2.05) is 12.1 Å². The van der Waals surface area contributed by atoms with E-state index in [4.69, 9.17) is 0 Å². The summed E-state index contributed by atoms with van der Waals surface area (Å²) in [6.07, 6.45) is 5.81. The molecule has 0 bridgehead atoms. The lowest BCUT2D eigenvalue weighted by molar-refractivity contribution is -0.605. The molecule has 0 aliphatic heterocycles. The summed E-state index contributed by atoms with van der Waals surface area (Å²) < 4.78 is 1.63. The van der Waals surface area contributed by atoms with Crippen molar-refractivity contribution in [3.8, 4) is 0 Å². The fraction of sp³-hybridized carbons (Fsp3) is 0. The van der Waals surface area contributed by atoms with Gasteiger partial charge in [-0.1, -0.05) is 0 Å². The van der Waals surface area contributed by atoms with Crippen molar-refractivity contribution in [1.29, 1.82) is 0 Å². The van der Waals surface area contributed by atoms with E-state index >= 15 is 0 Å². The molecule has 0 fully saturated rings. The molecule has 0 N–H and O–H groups in total. The molecule has 0 aliphatic rings. The van der Waals surface area contributed by atoms with Gasteiger partial charge in [-0.15, -0.1) is 11.3 Å². The number of halogens is 1. The van der Waals surface area contributed by atoms with Crippen molar-refractivity contribution in [3.63, 3.8) is 0 Å². The Morgan fingerprint density at radius 1 is 1.41 bits per heavy atom. The molecule has 0 unspecified atom stereocenters. The molecule has 5 heteroatoms. The summed E-state index contributed by atoms with van der Waals surface area (Å²) in [5.41, 5.74) is 0.384. The van der Waals surface area contributed by atoms with E-state index in [0.29, 0.717) is 10.3 Å². The molecule has 0 amide bonds. The largest absolute Gasteiger partial charge is 0.619 e. The normalized spacial score (nSPS) is 10.9. The molecule has 0 radical (unpaired) electrons. The molecule has 86 valence electrons. The van der Waals surface area contributed by atoms with Crippen LogP contribution >= 0.6 is 27.3 Å². The summed E-state index contributed by atoms with van der Waals surface area (Å²) in [6.45, 7) is 0. The Morgan fingerprint density at radius 3 is 2.88 bits per heavy atom. The minimum absolute atomic E-state index is 0.181. The number of allylic oxidation sites excluding steroid dienone is 1. The molecular formula is C12H8BrNO2S. The van der Waals surface area contributed by atoms with E-state index in [2.05, 4.69) is 15.9 Å². The summed E-state index contributed by atoms with van der Waals surface area (Å²) in [6, 6.07) is 7.00. The van der Waals surface area contributed by atoms with Crippen molar-refractivity contribution >= 4 is 39.1 Å². The predicted octanol–water partition coefficient (Wildman–Crippen LogP) is 3.04. The molecule has 17 heavy (non-hydrogen) atoms. The smallest absolute Gasteiger partial charge is 0.191 e. The second kappa shape index (κ2) is 5.25. The Balaban J connectivity index is 2.14. The summed E-state index contributed by atoms with van der Waals surface area (Å²) in [5.74, 6) is -0.181. The Hall–Kier alpha value is -1.46. The molecule has 2 heterocycles. The molecular weight excluding hydrogens is 302 g/mol. The lowest BCUT2D eigenvalue weighted by Gasteiger charge is -1.96. The van der Waals surface area contributed by atoms with E-state index in [1.165, 1.54) is 29.8 Å². The van der Waals surface area contributed by atoms with E-state index in [9.17, 15) is 10.0 Å². The first-order valence-electron chi connectivity index (χ1n) is 4.82. The lowest BCUT2D eigenvalue weighted by Crippen LogP contribution is -2.25. The van der Waals surface area contributed by atoms with Gasteiger partial charge in [-0.05, 0) is 46.3 Å². The van der Waals surface area contributed by atoms with Gasteiger partial charge in [-0.2, -0.15) is 4.73 Å². The number of hydrogen-bond acceptors (Lipinski definition) is 3. The maximum absolute atomic E-state index is 11.7. The Morgan fingerprint density at radius 2 is 2.24 bits per heavy atom. The van der Waals surface area contributed by atoms with Crippen LogP contribution in [0.15, 0.2) is 46.5 Å². The monoisotopic (exact) mass is 309 g/mol. The van der Waals surface area contributed by atoms with Gasteiger partial charge in [0.05, 0.1) is 9.35 Å². The number of hydrogen-bond donors (Lipinski definition) is 0. The predicted molar refractivity (Wildman–Crippen MR) is 70.8 cm³/mol. The van der Waals surface area contributed by atoms with Crippen LogP contribution in [-0.2, 0) is 0 Å². The fourth-order valence-corrected chi connectivity index (χ4v) is 2.60. The number of carbonyl (C=O) groups is 1. The van der Waals surface area contributed by atoms with E-state index < -0.39 is 0 Å². The molecule has 3 nitrogen and oxygen atoms in total. The van der Waals surface area contributed by atoms with Crippen LogP contribution in [0.3, 0.4) is 0 Å². The third-order valence-corrected chi connectivity index (χ3v) is 3.64. The van der Waals surface area contributed by atoms with Gasteiger partial charge < -0.3 is 5.21 Å². The van der Waals surface area contributed by atoms with Crippen molar-refractivity contribution in [3.05, 3.63) is 62.2 Å². The van der Waals surface area contributed by atoms with Crippen molar-refractivity contribution in [2.75, 3.05) is 0 Å². The van der Waals surface area contributed by atoms with Crippen LogP contribution in [0.25, 0.3) is 6.08 Å². The highest BCUT2D eigenvalue weighted by atomic mass is 79.9. The molecule has 0 atom stereocenters. The first-order chi connectivity index (χ1) is 8.15. The highest BCUT2D eigenvalue weighted by molar-refractivity contribution is 9.11. The highest BCUT2D eigenvalue weighted by Crippen LogP contribution is 2.23. The van der Waals surface area contributed by atoms with Gasteiger partial charge in [-0.3, -0.25) is 4.79 Å². The minimum atomic E-state index is -0.181. The third-order valence-electron chi connectivity index (χ3n) is 2.05. The first-order valence-corrected chi connectivity index (χ1v) is 6.43.